The lowest BCUT2D eigenvalue weighted by Gasteiger charge is -2.21. The first-order valence-electron chi connectivity index (χ1n) is 8.89. The third kappa shape index (κ3) is 4.08. The molecule has 1 heterocycles. The zero-order valence-electron chi connectivity index (χ0n) is 14.6. The molecule has 3 rings (SSSR count). The van der Waals surface area contributed by atoms with Crippen LogP contribution in [-0.4, -0.2) is 36.9 Å². The molecule has 0 bridgehead atoms. The molecule has 0 unspecified atom stereocenters. The fourth-order valence-corrected chi connectivity index (χ4v) is 3.20. The van der Waals surface area contributed by atoms with Gasteiger partial charge in [-0.2, -0.15) is 0 Å². The van der Waals surface area contributed by atoms with Gasteiger partial charge in [-0.1, -0.05) is 37.1 Å². The molecule has 1 aliphatic heterocycles. The highest BCUT2D eigenvalue weighted by molar-refractivity contribution is 6.07. The van der Waals surface area contributed by atoms with E-state index >= 15 is 0 Å². The summed E-state index contributed by atoms with van der Waals surface area (Å²) in [6, 6.07) is 16.6. The number of hydrogen-bond acceptors (Lipinski definition) is 2. The average molecular weight is 336 g/mol. The standard InChI is InChI=1S/C21H24N2O2/c1-22(19-12-5-4-6-13-19)20(24)17-10-9-11-18(16-17)21(25)23-14-7-2-3-8-15-23/h4-6,9-13,16H,2-3,7-8,14-15H2,1H3. The maximum absolute atomic E-state index is 12.8. The SMILES string of the molecule is CN(C(=O)c1cccc(C(=O)N2CCCCCC2)c1)c1ccccc1. The third-order valence-corrected chi connectivity index (χ3v) is 4.70. The van der Waals surface area contributed by atoms with E-state index in [1.165, 1.54) is 12.8 Å². The molecule has 4 nitrogen and oxygen atoms in total. The van der Waals surface area contributed by atoms with Crippen LogP contribution in [-0.2, 0) is 0 Å². The van der Waals surface area contributed by atoms with Gasteiger partial charge in [0.05, 0.1) is 0 Å². The van der Waals surface area contributed by atoms with Gasteiger partial charge in [-0.25, -0.2) is 0 Å². The lowest BCUT2D eigenvalue weighted by molar-refractivity contribution is 0.0761. The Hall–Kier alpha value is -2.62. The molecule has 0 aliphatic carbocycles. The fourth-order valence-electron chi connectivity index (χ4n) is 3.20. The Morgan fingerprint density at radius 3 is 2.16 bits per heavy atom. The van der Waals surface area contributed by atoms with Crippen LogP contribution < -0.4 is 4.90 Å². The summed E-state index contributed by atoms with van der Waals surface area (Å²) in [5, 5.41) is 0. The molecule has 0 saturated carbocycles. The number of benzene rings is 2. The minimum absolute atomic E-state index is 0.0268. The van der Waals surface area contributed by atoms with Crippen molar-refractivity contribution >= 4 is 17.5 Å². The Kier molecular flexibility index (Phi) is 5.49. The van der Waals surface area contributed by atoms with Crippen molar-refractivity contribution in [1.29, 1.82) is 0 Å². The number of nitrogens with zero attached hydrogens (tertiary/aromatic N) is 2. The van der Waals surface area contributed by atoms with Crippen molar-refractivity contribution in [3.05, 3.63) is 65.7 Å². The summed E-state index contributed by atoms with van der Waals surface area (Å²) >= 11 is 0. The highest BCUT2D eigenvalue weighted by atomic mass is 16.2. The number of para-hydroxylation sites is 1. The highest BCUT2D eigenvalue weighted by Gasteiger charge is 2.19. The summed E-state index contributed by atoms with van der Waals surface area (Å²) in [6.07, 6.45) is 4.48. The molecule has 0 spiro atoms. The van der Waals surface area contributed by atoms with E-state index < -0.39 is 0 Å². The quantitative estimate of drug-likeness (QED) is 0.850. The van der Waals surface area contributed by atoms with Crippen LogP contribution in [0.2, 0.25) is 0 Å². The molecule has 1 saturated heterocycles. The van der Waals surface area contributed by atoms with Crippen molar-refractivity contribution in [2.75, 3.05) is 25.0 Å². The zero-order chi connectivity index (χ0) is 17.6. The van der Waals surface area contributed by atoms with Gasteiger partial charge in [-0.3, -0.25) is 9.59 Å². The largest absolute Gasteiger partial charge is 0.339 e. The van der Waals surface area contributed by atoms with E-state index in [-0.39, 0.29) is 11.8 Å². The number of carbonyl (C=O) groups excluding carboxylic acids is 2. The topological polar surface area (TPSA) is 40.6 Å². The van der Waals surface area contributed by atoms with Crippen molar-refractivity contribution in [2.45, 2.75) is 25.7 Å². The molecule has 1 aliphatic rings. The molecular weight excluding hydrogens is 312 g/mol. The number of rotatable bonds is 3. The number of amides is 2. The summed E-state index contributed by atoms with van der Waals surface area (Å²) in [5.41, 5.74) is 1.96. The van der Waals surface area contributed by atoms with Gasteiger partial charge in [0.15, 0.2) is 0 Å². The van der Waals surface area contributed by atoms with Crippen molar-refractivity contribution in [3.63, 3.8) is 0 Å². The van der Waals surface area contributed by atoms with Crippen LogP contribution in [0.15, 0.2) is 54.6 Å². The molecule has 0 radical (unpaired) electrons. The molecule has 2 aromatic carbocycles. The minimum atomic E-state index is -0.114. The van der Waals surface area contributed by atoms with Gasteiger partial charge in [0.1, 0.15) is 0 Å². The summed E-state index contributed by atoms with van der Waals surface area (Å²) < 4.78 is 0. The number of likely N-dealkylation sites (tertiary alicyclic amines) is 1. The second kappa shape index (κ2) is 7.97. The van der Waals surface area contributed by atoms with Crippen LogP contribution in [0.3, 0.4) is 0 Å². The second-order valence-electron chi connectivity index (χ2n) is 6.49. The normalized spacial score (nSPS) is 14.7. The van der Waals surface area contributed by atoms with Crippen LogP contribution in [0, 0.1) is 0 Å². The second-order valence-corrected chi connectivity index (χ2v) is 6.49. The summed E-state index contributed by atoms with van der Waals surface area (Å²) in [6.45, 7) is 1.61. The summed E-state index contributed by atoms with van der Waals surface area (Å²) in [4.78, 5) is 29.0. The molecule has 25 heavy (non-hydrogen) atoms. The molecule has 4 heteroatoms. The zero-order valence-corrected chi connectivity index (χ0v) is 14.6. The molecule has 1 fully saturated rings. The van der Waals surface area contributed by atoms with Gasteiger partial charge < -0.3 is 9.80 Å². The number of anilines is 1. The number of hydrogen-bond donors (Lipinski definition) is 0. The van der Waals surface area contributed by atoms with Crippen LogP contribution in [0.4, 0.5) is 5.69 Å². The monoisotopic (exact) mass is 336 g/mol. The van der Waals surface area contributed by atoms with Gasteiger partial charge in [0.2, 0.25) is 0 Å². The predicted octanol–water partition coefficient (Wildman–Crippen LogP) is 3.98. The van der Waals surface area contributed by atoms with Gasteiger partial charge in [0.25, 0.3) is 11.8 Å². The highest BCUT2D eigenvalue weighted by Crippen LogP contribution is 2.18. The van der Waals surface area contributed by atoms with Gasteiger partial charge >= 0.3 is 0 Å². The lowest BCUT2D eigenvalue weighted by atomic mass is 10.1. The van der Waals surface area contributed by atoms with E-state index in [0.29, 0.717) is 11.1 Å². The first-order valence-corrected chi connectivity index (χ1v) is 8.89. The fraction of sp³-hybridized carbons (Fsp3) is 0.333. The Balaban J connectivity index is 1.78. The molecular formula is C21H24N2O2. The van der Waals surface area contributed by atoms with Crippen molar-refractivity contribution < 1.29 is 9.59 Å². The minimum Gasteiger partial charge on any atom is -0.339 e. The Morgan fingerprint density at radius 1 is 0.840 bits per heavy atom. The van der Waals surface area contributed by atoms with Crippen molar-refractivity contribution in [2.24, 2.45) is 0 Å². The third-order valence-electron chi connectivity index (χ3n) is 4.70. The molecule has 0 aromatic heterocycles. The maximum Gasteiger partial charge on any atom is 0.258 e. The van der Waals surface area contributed by atoms with Crippen LogP contribution >= 0.6 is 0 Å². The summed E-state index contributed by atoms with van der Waals surface area (Å²) in [7, 11) is 1.75. The molecule has 0 atom stereocenters. The van der Waals surface area contributed by atoms with Gasteiger partial charge in [0, 0.05) is 37.0 Å². The average Bonchev–Trinajstić information content (AvgIpc) is 2.96. The van der Waals surface area contributed by atoms with E-state index in [2.05, 4.69) is 0 Å². The van der Waals surface area contributed by atoms with E-state index in [1.54, 1.807) is 36.2 Å². The van der Waals surface area contributed by atoms with E-state index in [9.17, 15) is 9.59 Å². The smallest absolute Gasteiger partial charge is 0.258 e. The van der Waals surface area contributed by atoms with Crippen molar-refractivity contribution in [1.82, 2.24) is 4.90 Å². The first kappa shape index (κ1) is 17.2. The number of carbonyl (C=O) groups is 2. The van der Waals surface area contributed by atoms with Gasteiger partial charge in [-0.15, -0.1) is 0 Å². The predicted molar refractivity (Wildman–Crippen MR) is 100.0 cm³/mol. The first-order chi connectivity index (χ1) is 12.2. The maximum atomic E-state index is 12.8. The molecule has 2 aromatic rings. The van der Waals surface area contributed by atoms with Crippen LogP contribution in [0.25, 0.3) is 0 Å². The Morgan fingerprint density at radius 2 is 1.48 bits per heavy atom. The summed E-state index contributed by atoms with van der Waals surface area (Å²) in [5.74, 6) is -0.0874. The van der Waals surface area contributed by atoms with Crippen LogP contribution in [0.1, 0.15) is 46.4 Å². The molecule has 0 N–H and O–H groups in total. The van der Waals surface area contributed by atoms with E-state index in [0.717, 1.165) is 31.6 Å². The Labute approximate surface area is 149 Å². The van der Waals surface area contributed by atoms with E-state index in [1.807, 2.05) is 35.2 Å². The van der Waals surface area contributed by atoms with Crippen LogP contribution in [0.5, 0.6) is 0 Å². The van der Waals surface area contributed by atoms with E-state index in [4.69, 9.17) is 0 Å². The molecule has 2 amide bonds. The lowest BCUT2D eigenvalue weighted by Crippen LogP contribution is -2.32. The Bertz CT molecular complexity index is 735. The van der Waals surface area contributed by atoms with Gasteiger partial charge in [-0.05, 0) is 43.2 Å². The molecule has 130 valence electrons. The van der Waals surface area contributed by atoms with Crippen molar-refractivity contribution in [3.8, 4) is 0 Å².